The van der Waals surface area contributed by atoms with Crippen LogP contribution in [0.3, 0.4) is 0 Å². The topological polar surface area (TPSA) is 9.23 Å². The molecule has 1 atom stereocenters. The van der Waals surface area contributed by atoms with Crippen LogP contribution in [-0.2, 0) is 11.2 Å². The molecule has 1 fully saturated rings. The van der Waals surface area contributed by atoms with Crippen LogP contribution >= 0.6 is 27.5 Å². The molecule has 100 valence electrons. The molecule has 18 heavy (non-hydrogen) atoms. The predicted molar refractivity (Wildman–Crippen MR) is 80.2 cm³/mol. The van der Waals surface area contributed by atoms with Crippen molar-refractivity contribution in [1.29, 1.82) is 0 Å². The summed E-state index contributed by atoms with van der Waals surface area (Å²) in [5.74, 6) is 2.14. The summed E-state index contributed by atoms with van der Waals surface area (Å²) in [5.41, 5.74) is 1.38. The van der Waals surface area contributed by atoms with Gasteiger partial charge < -0.3 is 4.74 Å². The molecule has 0 N–H and O–H groups in total. The molecule has 0 bridgehead atoms. The van der Waals surface area contributed by atoms with Gasteiger partial charge in [-0.25, -0.2) is 0 Å². The number of ether oxygens (including phenoxy) is 1. The normalized spacial score (nSPS) is 18.8. The third kappa shape index (κ3) is 4.56. The van der Waals surface area contributed by atoms with Gasteiger partial charge in [-0.3, -0.25) is 0 Å². The largest absolute Gasteiger partial charge is 0.381 e. The Morgan fingerprint density at radius 1 is 1.33 bits per heavy atom. The molecule has 1 heterocycles. The number of hydrogen-bond acceptors (Lipinski definition) is 1. The maximum absolute atomic E-state index is 6.13. The summed E-state index contributed by atoms with van der Waals surface area (Å²) in [6.07, 6.45) is 4.72. The van der Waals surface area contributed by atoms with Crippen LogP contribution in [-0.4, -0.2) is 19.1 Å². The zero-order chi connectivity index (χ0) is 12.8. The van der Waals surface area contributed by atoms with E-state index in [0.29, 0.717) is 5.92 Å². The van der Waals surface area contributed by atoms with Crippen LogP contribution in [0.25, 0.3) is 0 Å². The van der Waals surface area contributed by atoms with E-state index in [1.165, 1.54) is 24.8 Å². The Balaban J connectivity index is 1.88. The first kappa shape index (κ1) is 14.4. The van der Waals surface area contributed by atoms with Crippen LogP contribution in [0, 0.1) is 11.8 Å². The van der Waals surface area contributed by atoms with Crippen molar-refractivity contribution >= 4 is 27.5 Å². The average Bonchev–Trinajstić information content (AvgIpc) is 2.39. The van der Waals surface area contributed by atoms with Crippen molar-refractivity contribution in [3.8, 4) is 0 Å². The fourth-order valence-electron chi connectivity index (χ4n) is 2.65. The van der Waals surface area contributed by atoms with Crippen LogP contribution in [0.1, 0.15) is 24.8 Å². The van der Waals surface area contributed by atoms with Crippen molar-refractivity contribution in [1.82, 2.24) is 0 Å². The number of benzene rings is 1. The van der Waals surface area contributed by atoms with Crippen molar-refractivity contribution in [3.05, 3.63) is 34.3 Å². The van der Waals surface area contributed by atoms with Gasteiger partial charge in [-0.15, -0.1) is 11.6 Å². The van der Waals surface area contributed by atoms with E-state index in [1.807, 2.05) is 0 Å². The zero-order valence-electron chi connectivity index (χ0n) is 10.6. The molecule has 0 radical (unpaired) electrons. The van der Waals surface area contributed by atoms with E-state index in [4.69, 9.17) is 16.3 Å². The molecule has 1 saturated heterocycles. The van der Waals surface area contributed by atoms with Gasteiger partial charge in [-0.05, 0) is 55.2 Å². The molecule has 0 aliphatic carbocycles. The summed E-state index contributed by atoms with van der Waals surface area (Å²) >= 11 is 9.66. The van der Waals surface area contributed by atoms with Gasteiger partial charge in [-0.2, -0.15) is 0 Å². The highest BCUT2D eigenvalue weighted by molar-refractivity contribution is 9.10. The molecular formula is C15H20BrClO. The summed E-state index contributed by atoms with van der Waals surface area (Å²) in [6, 6.07) is 8.55. The highest BCUT2D eigenvalue weighted by Crippen LogP contribution is 2.26. The highest BCUT2D eigenvalue weighted by Gasteiger charge is 2.19. The molecule has 0 amide bonds. The van der Waals surface area contributed by atoms with E-state index in [1.54, 1.807) is 0 Å². The first-order valence-electron chi connectivity index (χ1n) is 6.66. The molecular weight excluding hydrogens is 312 g/mol. The second kappa shape index (κ2) is 7.52. The van der Waals surface area contributed by atoms with Gasteiger partial charge in [0.1, 0.15) is 0 Å². The van der Waals surface area contributed by atoms with Crippen LogP contribution in [0.5, 0.6) is 0 Å². The fraction of sp³-hybridized carbons (Fsp3) is 0.600. The van der Waals surface area contributed by atoms with Crippen LogP contribution in [0.15, 0.2) is 28.7 Å². The fourth-order valence-corrected chi connectivity index (χ4v) is 3.33. The number of hydrogen-bond donors (Lipinski definition) is 0. The Kier molecular flexibility index (Phi) is 6.00. The van der Waals surface area contributed by atoms with E-state index in [9.17, 15) is 0 Å². The molecule has 3 heteroatoms. The summed E-state index contributed by atoms with van der Waals surface area (Å²) in [5, 5.41) is 0. The van der Waals surface area contributed by atoms with Gasteiger partial charge >= 0.3 is 0 Å². The molecule has 0 saturated carbocycles. The number of rotatable bonds is 5. The molecule has 1 aromatic rings. The number of alkyl halides is 1. The first-order valence-corrected chi connectivity index (χ1v) is 7.99. The van der Waals surface area contributed by atoms with Gasteiger partial charge in [0.05, 0.1) is 0 Å². The van der Waals surface area contributed by atoms with Crippen molar-refractivity contribution in [2.75, 3.05) is 19.1 Å². The van der Waals surface area contributed by atoms with Gasteiger partial charge in [-0.1, -0.05) is 28.1 Å². The molecule has 1 aromatic carbocycles. The summed E-state index contributed by atoms with van der Waals surface area (Å²) in [6.45, 7) is 1.85. The second-order valence-corrected chi connectivity index (χ2v) is 6.37. The van der Waals surface area contributed by atoms with Crippen LogP contribution in [0.2, 0.25) is 0 Å². The maximum Gasteiger partial charge on any atom is 0.0468 e. The van der Waals surface area contributed by atoms with E-state index in [-0.39, 0.29) is 0 Å². The quantitative estimate of drug-likeness (QED) is 0.713. The minimum atomic E-state index is 0.587. The van der Waals surface area contributed by atoms with Gasteiger partial charge in [0.2, 0.25) is 0 Å². The lowest BCUT2D eigenvalue weighted by molar-refractivity contribution is 0.0595. The molecule has 1 aliphatic rings. The molecule has 2 rings (SSSR count). The van der Waals surface area contributed by atoms with Crippen LogP contribution in [0.4, 0.5) is 0 Å². The molecule has 1 nitrogen and oxygen atoms in total. The van der Waals surface area contributed by atoms with Crippen molar-refractivity contribution < 1.29 is 4.74 Å². The first-order chi connectivity index (χ1) is 8.78. The summed E-state index contributed by atoms with van der Waals surface area (Å²) in [7, 11) is 0. The smallest absolute Gasteiger partial charge is 0.0468 e. The third-order valence-corrected chi connectivity index (χ3v) is 4.57. The summed E-state index contributed by atoms with van der Waals surface area (Å²) < 4.78 is 6.56. The standard InChI is InChI=1S/C15H20BrClO/c16-15-3-1-2-13(10-15)9-14(11-17)8-12-4-6-18-7-5-12/h1-3,10,12,14H,4-9,11H2. The Bertz CT molecular complexity index is 363. The minimum absolute atomic E-state index is 0.587. The second-order valence-electron chi connectivity index (χ2n) is 5.15. The van der Waals surface area contributed by atoms with Crippen molar-refractivity contribution in [2.45, 2.75) is 25.7 Å². The SMILES string of the molecule is ClCC(Cc1cccc(Br)c1)CC1CCOCC1. The van der Waals surface area contributed by atoms with E-state index >= 15 is 0 Å². The van der Waals surface area contributed by atoms with E-state index in [0.717, 1.165) is 35.9 Å². The van der Waals surface area contributed by atoms with Gasteiger partial charge in [0.15, 0.2) is 0 Å². The minimum Gasteiger partial charge on any atom is -0.381 e. The average molecular weight is 332 g/mol. The predicted octanol–water partition coefficient (Wildman–Crippen LogP) is 4.66. The Morgan fingerprint density at radius 3 is 2.78 bits per heavy atom. The van der Waals surface area contributed by atoms with Crippen LogP contribution < -0.4 is 0 Å². The Morgan fingerprint density at radius 2 is 2.11 bits per heavy atom. The Labute approximate surface area is 123 Å². The maximum atomic E-state index is 6.13. The van der Waals surface area contributed by atoms with E-state index < -0.39 is 0 Å². The highest BCUT2D eigenvalue weighted by atomic mass is 79.9. The number of halogens is 2. The van der Waals surface area contributed by atoms with E-state index in [2.05, 4.69) is 40.2 Å². The zero-order valence-corrected chi connectivity index (χ0v) is 12.9. The van der Waals surface area contributed by atoms with Crippen molar-refractivity contribution in [3.63, 3.8) is 0 Å². The lowest BCUT2D eigenvalue weighted by atomic mass is 9.86. The lowest BCUT2D eigenvalue weighted by Crippen LogP contribution is -2.20. The lowest BCUT2D eigenvalue weighted by Gasteiger charge is -2.25. The van der Waals surface area contributed by atoms with Crippen molar-refractivity contribution in [2.24, 2.45) is 11.8 Å². The third-order valence-electron chi connectivity index (χ3n) is 3.64. The molecule has 0 spiro atoms. The molecule has 0 aromatic heterocycles. The molecule has 1 aliphatic heterocycles. The molecule has 1 unspecified atom stereocenters. The Hall–Kier alpha value is -0.0500. The monoisotopic (exact) mass is 330 g/mol. The summed E-state index contributed by atoms with van der Waals surface area (Å²) in [4.78, 5) is 0. The van der Waals surface area contributed by atoms with Gasteiger partial charge in [0, 0.05) is 23.6 Å². The van der Waals surface area contributed by atoms with Gasteiger partial charge in [0.25, 0.3) is 0 Å².